The molecule has 1 aliphatic rings. The van der Waals surface area contributed by atoms with Crippen molar-refractivity contribution in [2.24, 2.45) is 5.92 Å². The molecule has 26 heteroatoms. The molecule has 60 heavy (non-hydrogen) atoms. The van der Waals surface area contributed by atoms with E-state index in [0.717, 1.165) is 6.33 Å². The number of phosphoric acid groups is 2. The van der Waals surface area contributed by atoms with Gasteiger partial charge in [0.15, 0.2) is 23.2 Å². The molecule has 24 nitrogen and oxygen atoms in total. The van der Waals surface area contributed by atoms with Crippen LogP contribution in [0.1, 0.15) is 72.4 Å². The van der Waals surface area contributed by atoms with Crippen LogP contribution in [0.5, 0.6) is 0 Å². The zero-order chi connectivity index (χ0) is 44.5. The van der Waals surface area contributed by atoms with Crippen molar-refractivity contribution in [3.8, 4) is 12.1 Å². The summed E-state index contributed by atoms with van der Waals surface area (Å²) in [5, 5.41) is 20.7. The van der Waals surface area contributed by atoms with Crippen LogP contribution in [-0.2, 0) is 74.3 Å². The van der Waals surface area contributed by atoms with Crippen LogP contribution in [-0.4, -0.2) is 116 Å². The molecule has 1 amide bonds. The number of imidazole rings is 1. The van der Waals surface area contributed by atoms with Gasteiger partial charge in [-0.3, -0.25) is 61.2 Å². The van der Waals surface area contributed by atoms with Gasteiger partial charge in [-0.15, -0.1) is 0 Å². The summed E-state index contributed by atoms with van der Waals surface area (Å²) in [6.07, 6.45) is -6.69. The van der Waals surface area contributed by atoms with Crippen LogP contribution in [0.3, 0.4) is 0 Å². The largest absolute Gasteiger partial charge is 0.475 e. The summed E-state index contributed by atoms with van der Waals surface area (Å²) in [5.41, 5.74) is -1.15. The third kappa shape index (κ3) is 13.9. The van der Waals surface area contributed by atoms with Gasteiger partial charge < -0.3 is 23.7 Å². The second-order valence-electron chi connectivity index (χ2n) is 12.9. The predicted octanol–water partition coefficient (Wildman–Crippen LogP) is 3.80. The molecule has 334 valence electrons. The number of hydrogen-bond donors (Lipinski definition) is 2. The number of aromatic nitrogens is 4. The Kier molecular flexibility index (Phi) is 19.9. The van der Waals surface area contributed by atoms with Crippen molar-refractivity contribution in [1.82, 2.24) is 19.5 Å². The average molecular weight is 892 g/mol. The minimum atomic E-state index is -4.68. The molecule has 1 aliphatic heterocycles. The third-order valence-corrected chi connectivity index (χ3v) is 11.6. The van der Waals surface area contributed by atoms with E-state index in [1.807, 2.05) is 12.1 Å². The van der Waals surface area contributed by atoms with Gasteiger partial charge in [0.05, 0.1) is 91.4 Å². The molecule has 1 fully saturated rings. The zero-order valence-electron chi connectivity index (χ0n) is 34.3. The van der Waals surface area contributed by atoms with Gasteiger partial charge in [-0.05, 0) is 13.8 Å². The number of H-pyrrole nitrogens is 1. The first-order valence-corrected chi connectivity index (χ1v) is 21.6. The Hall–Kier alpha value is -4.16. The van der Waals surface area contributed by atoms with E-state index in [-0.39, 0.29) is 75.5 Å². The van der Waals surface area contributed by atoms with Gasteiger partial charge in [0.1, 0.15) is 18.3 Å². The number of nitrogens with one attached hydrogen (secondary N) is 2. The van der Waals surface area contributed by atoms with Gasteiger partial charge in [0.25, 0.3) is 5.56 Å². The SMILES string of the molecule is CCOP(=O)(OCCC#N)OC[C@H]1O[C@@H](n2cnc3c(=O)[nH]c(NC(=O)C(C)C)nc32)[C@H](OC(CCC(=O)OC)(CCC(=O)OC)OC)[C@@H]1OP(=O)(OCC)OCCC#N. The molecule has 0 spiro atoms. The van der Waals surface area contributed by atoms with Crippen LogP contribution < -0.4 is 10.9 Å². The minimum absolute atomic E-state index is 0.149. The molecule has 0 aromatic carbocycles. The van der Waals surface area contributed by atoms with Crippen molar-refractivity contribution < 1.29 is 74.3 Å². The Morgan fingerprint density at radius 1 is 0.933 bits per heavy atom. The van der Waals surface area contributed by atoms with Gasteiger partial charge in [0.2, 0.25) is 11.9 Å². The van der Waals surface area contributed by atoms with Crippen molar-refractivity contribution in [2.75, 3.05) is 59.7 Å². The molecule has 1 saturated heterocycles. The van der Waals surface area contributed by atoms with Crippen LogP contribution in [0.25, 0.3) is 11.2 Å². The number of ether oxygens (including phenoxy) is 5. The molecule has 2 unspecified atom stereocenters. The standard InChI is InChI=1S/C34H51N7O17P2/c1-8-51-59(46,53-18-10-16-35)55-20-23-27(58-60(47,52-9-2)54-19-11-17-36)28(57-34(50-7,14-12-24(42)48-5)15-13-25(43)49-6)32(56-23)41-21-37-26-29(41)38-33(40-31(26)45)39-30(44)22(3)4/h21-23,27-28,32H,8-15,18-20H2,1-7H3,(H2,38,39,40,44,45)/t23-,27-,28-,32-,59?,60?/m1/s1. The van der Waals surface area contributed by atoms with Gasteiger partial charge in [0, 0.05) is 25.9 Å². The predicted molar refractivity (Wildman–Crippen MR) is 204 cm³/mol. The fourth-order valence-electron chi connectivity index (χ4n) is 5.53. The molecule has 6 atom stereocenters. The summed E-state index contributed by atoms with van der Waals surface area (Å²) < 4.78 is 91.3. The number of fused-ring (bicyclic) bond motifs is 1. The molecular weight excluding hydrogens is 840 g/mol. The van der Waals surface area contributed by atoms with E-state index in [4.69, 9.17) is 56.1 Å². The number of carbonyl (C=O) groups excluding carboxylic acids is 3. The minimum Gasteiger partial charge on any atom is -0.469 e. The molecule has 2 aromatic rings. The molecule has 0 radical (unpaired) electrons. The first-order valence-electron chi connectivity index (χ1n) is 18.7. The maximum absolute atomic E-state index is 14.3. The lowest BCUT2D eigenvalue weighted by molar-refractivity contribution is -0.274. The average Bonchev–Trinajstić information content (AvgIpc) is 3.78. The van der Waals surface area contributed by atoms with Gasteiger partial charge >= 0.3 is 27.6 Å². The summed E-state index contributed by atoms with van der Waals surface area (Å²) in [6.45, 7) is 4.42. The van der Waals surface area contributed by atoms with Gasteiger partial charge in [-0.1, -0.05) is 13.8 Å². The van der Waals surface area contributed by atoms with E-state index < -0.39 is 88.5 Å². The topological polar surface area (TPSA) is 310 Å². The lowest BCUT2D eigenvalue weighted by Gasteiger charge is -2.38. The summed E-state index contributed by atoms with van der Waals surface area (Å²) in [4.78, 5) is 61.9. The van der Waals surface area contributed by atoms with Crippen molar-refractivity contribution in [1.29, 1.82) is 10.5 Å². The second-order valence-corrected chi connectivity index (χ2v) is 16.2. The van der Waals surface area contributed by atoms with E-state index >= 15 is 0 Å². The summed E-state index contributed by atoms with van der Waals surface area (Å²) in [7, 11) is -5.53. The van der Waals surface area contributed by atoms with Crippen LogP contribution in [0, 0.1) is 28.6 Å². The van der Waals surface area contributed by atoms with E-state index in [1.165, 1.54) is 39.7 Å². The number of esters is 2. The zero-order valence-corrected chi connectivity index (χ0v) is 36.1. The molecule has 0 saturated carbocycles. The van der Waals surface area contributed by atoms with E-state index in [0.29, 0.717) is 0 Å². The number of nitrogens with zero attached hydrogens (tertiary/aromatic N) is 5. The Bertz CT molecular complexity index is 1980. The monoisotopic (exact) mass is 891 g/mol. The van der Waals surface area contributed by atoms with Crippen molar-refractivity contribution in [2.45, 2.75) is 96.5 Å². The third-order valence-electron chi connectivity index (χ3n) is 8.50. The van der Waals surface area contributed by atoms with E-state index in [9.17, 15) is 33.6 Å². The molecule has 2 aromatic heterocycles. The van der Waals surface area contributed by atoms with Crippen molar-refractivity contribution in [3.05, 3.63) is 16.7 Å². The van der Waals surface area contributed by atoms with Crippen molar-refractivity contribution in [3.63, 3.8) is 0 Å². The molecule has 0 aliphatic carbocycles. The van der Waals surface area contributed by atoms with Crippen LogP contribution in [0.2, 0.25) is 0 Å². The molecular formula is C34H51N7O17P2. The quantitative estimate of drug-likeness (QED) is 0.0557. The fourth-order valence-corrected chi connectivity index (χ4v) is 8.10. The van der Waals surface area contributed by atoms with E-state index in [1.54, 1.807) is 13.8 Å². The van der Waals surface area contributed by atoms with Gasteiger partial charge in [-0.25, -0.2) is 14.1 Å². The summed E-state index contributed by atoms with van der Waals surface area (Å²) in [5.74, 6) is -4.47. The normalized spacial score (nSPS) is 19.9. The smallest absolute Gasteiger partial charge is 0.469 e. The Morgan fingerprint density at radius 3 is 2.05 bits per heavy atom. The summed E-state index contributed by atoms with van der Waals surface area (Å²) in [6, 6.07) is 3.71. The number of nitriles is 2. The number of phosphoric ester groups is 2. The molecule has 3 heterocycles. The van der Waals surface area contributed by atoms with E-state index in [2.05, 4.69) is 20.3 Å². The van der Waals surface area contributed by atoms with Crippen LogP contribution in [0.15, 0.2) is 11.1 Å². The number of hydrogen-bond acceptors (Lipinski definition) is 21. The maximum Gasteiger partial charge on any atom is 0.475 e. The Morgan fingerprint density at radius 2 is 1.52 bits per heavy atom. The van der Waals surface area contributed by atoms with Crippen LogP contribution in [0.4, 0.5) is 5.95 Å². The summed E-state index contributed by atoms with van der Waals surface area (Å²) >= 11 is 0. The number of anilines is 1. The number of carbonyl (C=O) groups is 3. The second kappa shape index (κ2) is 23.7. The highest BCUT2D eigenvalue weighted by Gasteiger charge is 2.55. The number of methoxy groups -OCH3 is 3. The van der Waals surface area contributed by atoms with Gasteiger partial charge in [-0.2, -0.15) is 15.5 Å². The number of rotatable bonds is 27. The lowest BCUT2D eigenvalue weighted by atomic mass is 10.0. The Labute approximate surface area is 345 Å². The van der Waals surface area contributed by atoms with Crippen molar-refractivity contribution >= 4 is 50.6 Å². The lowest BCUT2D eigenvalue weighted by Crippen LogP contribution is -2.47. The van der Waals surface area contributed by atoms with Crippen LogP contribution >= 0.6 is 15.6 Å². The Balaban J connectivity index is 2.33. The number of amides is 1. The molecule has 0 bridgehead atoms. The highest BCUT2D eigenvalue weighted by atomic mass is 31.2. The molecule has 3 rings (SSSR count). The number of aromatic amines is 1. The molecule has 2 N–H and O–H groups in total. The highest BCUT2D eigenvalue weighted by molar-refractivity contribution is 7.48. The maximum atomic E-state index is 14.3. The fraction of sp³-hybridized carbons (Fsp3) is 0.706. The first-order chi connectivity index (χ1) is 28.6. The first kappa shape index (κ1) is 50.2. The highest BCUT2D eigenvalue weighted by Crippen LogP contribution is 2.55.